The van der Waals surface area contributed by atoms with E-state index in [0.717, 1.165) is 22.4 Å². The first-order chi connectivity index (χ1) is 19.1. The zero-order valence-corrected chi connectivity index (χ0v) is 26.0. The number of nitrogens with zero attached hydrogens (tertiary/aromatic N) is 3. The quantitative estimate of drug-likeness (QED) is 0.143. The lowest BCUT2D eigenvalue weighted by Crippen LogP contribution is -2.21. The number of benzene rings is 3. The van der Waals surface area contributed by atoms with Crippen LogP contribution in [0.25, 0.3) is 22.3 Å². The summed E-state index contributed by atoms with van der Waals surface area (Å²) in [6, 6.07) is 14.8. The first-order valence-electron chi connectivity index (χ1n) is 12.7. The number of hydrogen-bond acceptors (Lipinski definition) is 7. The molecule has 8 nitrogen and oxygen atoms in total. The minimum atomic E-state index is -0.461. The molecular weight excluding hydrogens is 642 g/mol. The molecule has 0 spiro atoms. The van der Waals surface area contributed by atoms with E-state index in [4.69, 9.17) is 19.2 Å². The third-order valence-corrected chi connectivity index (χ3v) is 7.35. The Kier molecular flexibility index (Phi) is 9.42. The van der Waals surface area contributed by atoms with Crippen LogP contribution in [-0.4, -0.2) is 42.2 Å². The topological polar surface area (TPSA) is 92.0 Å². The van der Waals surface area contributed by atoms with Crippen molar-refractivity contribution in [1.29, 1.82) is 0 Å². The molecule has 0 aliphatic rings. The SMILES string of the molecule is CCOC(=O)COc1c(Br)cc(C=Nn2c(-c3cc(C(C)C)c(OC)cc3C)nc3ccccc3c2=O)cc1Br. The minimum absolute atomic E-state index is 0.192. The van der Waals surface area contributed by atoms with Crippen molar-refractivity contribution in [3.63, 3.8) is 0 Å². The molecule has 3 aromatic carbocycles. The van der Waals surface area contributed by atoms with Crippen LogP contribution in [0.2, 0.25) is 0 Å². The molecule has 0 saturated carbocycles. The van der Waals surface area contributed by atoms with Gasteiger partial charge in [-0.05, 0) is 105 Å². The molecule has 0 aliphatic carbocycles. The van der Waals surface area contributed by atoms with Crippen LogP contribution in [0.4, 0.5) is 0 Å². The highest BCUT2D eigenvalue weighted by Crippen LogP contribution is 2.35. The molecule has 1 aromatic heterocycles. The number of aryl methyl sites for hydroxylation is 1. The molecule has 0 N–H and O–H groups in total. The van der Waals surface area contributed by atoms with Crippen LogP contribution in [0.3, 0.4) is 0 Å². The van der Waals surface area contributed by atoms with Crippen LogP contribution < -0.4 is 15.0 Å². The first kappa shape index (κ1) is 29.5. The van der Waals surface area contributed by atoms with Crippen molar-refractivity contribution in [3.8, 4) is 22.9 Å². The number of hydrogen-bond donors (Lipinski definition) is 0. The second-order valence-electron chi connectivity index (χ2n) is 9.29. The van der Waals surface area contributed by atoms with Crippen LogP contribution in [0.15, 0.2) is 67.4 Å². The summed E-state index contributed by atoms with van der Waals surface area (Å²) in [7, 11) is 1.65. The van der Waals surface area contributed by atoms with E-state index in [9.17, 15) is 9.59 Å². The number of rotatable bonds is 9. The Balaban J connectivity index is 1.82. The molecular formula is C30H29Br2N3O5. The molecule has 0 radical (unpaired) electrons. The maximum Gasteiger partial charge on any atom is 0.344 e. The summed E-state index contributed by atoms with van der Waals surface area (Å²) in [4.78, 5) is 30.3. The monoisotopic (exact) mass is 669 g/mol. The van der Waals surface area contributed by atoms with E-state index in [1.807, 2.05) is 31.2 Å². The van der Waals surface area contributed by atoms with Crippen molar-refractivity contribution in [2.75, 3.05) is 20.3 Å². The molecule has 40 heavy (non-hydrogen) atoms. The fourth-order valence-electron chi connectivity index (χ4n) is 4.22. The minimum Gasteiger partial charge on any atom is -0.496 e. The molecule has 1 heterocycles. The fourth-order valence-corrected chi connectivity index (χ4v) is 5.67. The van der Waals surface area contributed by atoms with Crippen molar-refractivity contribution in [3.05, 3.63) is 84.5 Å². The summed E-state index contributed by atoms with van der Waals surface area (Å²) < 4.78 is 18.7. The van der Waals surface area contributed by atoms with Crippen molar-refractivity contribution in [2.45, 2.75) is 33.6 Å². The molecule has 208 valence electrons. The average molecular weight is 671 g/mol. The van der Waals surface area contributed by atoms with Gasteiger partial charge in [0.05, 0.1) is 39.8 Å². The zero-order valence-electron chi connectivity index (χ0n) is 22.8. The number of fused-ring (bicyclic) bond motifs is 1. The van der Waals surface area contributed by atoms with Crippen LogP contribution in [0, 0.1) is 6.92 Å². The number of carbonyl (C=O) groups excluding carboxylic acids is 1. The number of aromatic nitrogens is 2. The first-order valence-corrected chi connectivity index (χ1v) is 14.3. The van der Waals surface area contributed by atoms with Gasteiger partial charge < -0.3 is 14.2 Å². The lowest BCUT2D eigenvalue weighted by Gasteiger charge is -2.17. The number of methoxy groups -OCH3 is 1. The summed E-state index contributed by atoms with van der Waals surface area (Å²) in [6.45, 7) is 7.93. The lowest BCUT2D eigenvalue weighted by molar-refractivity contribution is -0.145. The Morgan fingerprint density at radius 1 is 1.12 bits per heavy atom. The Bertz CT molecular complexity index is 1640. The van der Waals surface area contributed by atoms with E-state index >= 15 is 0 Å². The van der Waals surface area contributed by atoms with E-state index in [1.54, 1.807) is 44.5 Å². The summed E-state index contributed by atoms with van der Waals surface area (Å²) in [5, 5.41) is 5.06. The molecule has 0 aliphatic heterocycles. The van der Waals surface area contributed by atoms with Crippen molar-refractivity contribution >= 4 is 54.9 Å². The average Bonchev–Trinajstić information content (AvgIpc) is 2.91. The van der Waals surface area contributed by atoms with E-state index in [2.05, 4.69) is 50.8 Å². The molecule has 10 heteroatoms. The molecule has 4 aromatic rings. The smallest absolute Gasteiger partial charge is 0.344 e. The largest absolute Gasteiger partial charge is 0.496 e. The predicted octanol–water partition coefficient (Wildman–Crippen LogP) is 6.85. The molecule has 0 bridgehead atoms. The third kappa shape index (κ3) is 6.28. The maximum absolute atomic E-state index is 13.7. The standard InChI is InChI=1S/C30H29Br2N3O5/c1-6-39-27(36)16-40-28-23(31)12-19(13-24(28)32)15-33-35-29(34-25-10-8-7-9-20(25)30(35)37)22-14-21(17(2)3)26(38-5)11-18(22)4/h7-15,17H,6,16H2,1-5H3. The van der Waals surface area contributed by atoms with Gasteiger partial charge in [0.1, 0.15) is 11.5 Å². The molecule has 0 unspecified atom stereocenters. The summed E-state index contributed by atoms with van der Waals surface area (Å²) in [6.07, 6.45) is 1.58. The van der Waals surface area contributed by atoms with E-state index in [-0.39, 0.29) is 24.7 Å². The van der Waals surface area contributed by atoms with Gasteiger partial charge in [-0.2, -0.15) is 9.78 Å². The van der Waals surface area contributed by atoms with Gasteiger partial charge in [0.25, 0.3) is 5.56 Å². The highest BCUT2D eigenvalue weighted by molar-refractivity contribution is 9.11. The van der Waals surface area contributed by atoms with E-state index in [1.165, 1.54) is 4.68 Å². The van der Waals surface area contributed by atoms with Crippen LogP contribution >= 0.6 is 31.9 Å². The zero-order chi connectivity index (χ0) is 29.0. The molecule has 0 amide bonds. The number of para-hydroxylation sites is 1. The van der Waals surface area contributed by atoms with Gasteiger partial charge >= 0.3 is 5.97 Å². The van der Waals surface area contributed by atoms with Crippen molar-refractivity contribution in [2.24, 2.45) is 5.10 Å². The lowest BCUT2D eigenvalue weighted by atomic mass is 9.96. The van der Waals surface area contributed by atoms with Gasteiger partial charge in [0, 0.05) is 5.56 Å². The number of esters is 1. The van der Waals surface area contributed by atoms with Gasteiger partial charge in [-0.15, -0.1) is 0 Å². The van der Waals surface area contributed by atoms with Crippen LogP contribution in [0.5, 0.6) is 11.5 Å². The third-order valence-electron chi connectivity index (χ3n) is 6.18. The van der Waals surface area contributed by atoms with Gasteiger partial charge in [0.15, 0.2) is 12.4 Å². The number of ether oxygens (including phenoxy) is 3. The highest BCUT2D eigenvalue weighted by Gasteiger charge is 2.18. The Labute approximate surface area is 249 Å². The number of halogens is 2. The van der Waals surface area contributed by atoms with Crippen LogP contribution in [0.1, 0.15) is 43.4 Å². The summed E-state index contributed by atoms with van der Waals surface area (Å²) in [5.74, 6) is 1.39. The van der Waals surface area contributed by atoms with Crippen molar-refractivity contribution in [1.82, 2.24) is 9.66 Å². The molecule has 0 atom stereocenters. The molecule has 0 saturated heterocycles. The summed E-state index contributed by atoms with van der Waals surface area (Å²) >= 11 is 6.99. The highest BCUT2D eigenvalue weighted by atomic mass is 79.9. The second-order valence-corrected chi connectivity index (χ2v) is 11.0. The van der Waals surface area contributed by atoms with Crippen LogP contribution in [-0.2, 0) is 9.53 Å². The Morgan fingerprint density at radius 3 is 2.48 bits per heavy atom. The Hall–Kier alpha value is -3.50. The summed E-state index contributed by atoms with van der Waals surface area (Å²) in [5.41, 5.74) is 3.68. The fraction of sp³-hybridized carbons (Fsp3) is 0.267. The number of carbonyl (C=O) groups is 1. The van der Waals surface area contributed by atoms with Gasteiger partial charge in [-0.25, -0.2) is 9.78 Å². The van der Waals surface area contributed by atoms with Gasteiger partial charge in [-0.3, -0.25) is 4.79 Å². The second kappa shape index (κ2) is 12.8. The Morgan fingerprint density at radius 2 is 1.82 bits per heavy atom. The van der Waals surface area contributed by atoms with E-state index in [0.29, 0.717) is 37.0 Å². The molecule has 4 rings (SSSR count). The van der Waals surface area contributed by atoms with Gasteiger partial charge in [-0.1, -0.05) is 26.0 Å². The maximum atomic E-state index is 13.7. The molecule has 0 fully saturated rings. The normalized spacial score (nSPS) is 11.4. The van der Waals surface area contributed by atoms with Gasteiger partial charge in [0.2, 0.25) is 0 Å². The van der Waals surface area contributed by atoms with E-state index < -0.39 is 5.97 Å². The van der Waals surface area contributed by atoms with Crippen molar-refractivity contribution < 1.29 is 19.0 Å². The predicted molar refractivity (Wildman–Crippen MR) is 164 cm³/mol.